The average molecular weight is 329 g/mol. The number of hydrogen-bond donors (Lipinski definition) is 0. The van der Waals surface area contributed by atoms with Crippen LogP contribution >= 0.6 is 0 Å². The fourth-order valence-electron chi connectivity index (χ4n) is 2.65. The van der Waals surface area contributed by atoms with E-state index in [9.17, 15) is 5.26 Å². The van der Waals surface area contributed by atoms with E-state index in [2.05, 4.69) is 18.2 Å². The summed E-state index contributed by atoms with van der Waals surface area (Å²) in [5.41, 5.74) is 3.91. The van der Waals surface area contributed by atoms with Crippen LogP contribution in [0.5, 0.6) is 17.2 Å². The van der Waals surface area contributed by atoms with Crippen molar-refractivity contribution < 1.29 is 9.47 Å². The van der Waals surface area contributed by atoms with Crippen LogP contribution in [-0.4, -0.2) is 7.11 Å². The van der Waals surface area contributed by atoms with E-state index in [4.69, 9.17) is 9.47 Å². The predicted octanol–water partition coefficient (Wildman–Crippen LogP) is 5.26. The second-order valence-corrected chi connectivity index (χ2v) is 5.83. The van der Waals surface area contributed by atoms with Crippen LogP contribution in [0.15, 0.2) is 66.7 Å². The third-order valence-electron chi connectivity index (χ3n) is 4.06. The molecular weight excluding hydrogens is 310 g/mol. The molecule has 0 atom stereocenters. The van der Waals surface area contributed by atoms with Gasteiger partial charge in [-0.3, -0.25) is 0 Å². The predicted molar refractivity (Wildman–Crippen MR) is 98.2 cm³/mol. The second kappa shape index (κ2) is 7.55. The van der Waals surface area contributed by atoms with Crippen molar-refractivity contribution in [3.05, 3.63) is 89.0 Å². The van der Waals surface area contributed by atoms with E-state index in [0.717, 1.165) is 23.5 Å². The molecule has 0 aliphatic rings. The molecule has 0 aliphatic heterocycles. The van der Waals surface area contributed by atoms with E-state index in [1.807, 2.05) is 61.5 Å². The van der Waals surface area contributed by atoms with E-state index in [1.165, 1.54) is 11.1 Å². The summed E-state index contributed by atoms with van der Waals surface area (Å²) in [6.45, 7) is 1.91. The van der Waals surface area contributed by atoms with Gasteiger partial charge in [-0.25, -0.2) is 0 Å². The molecule has 0 saturated carbocycles. The zero-order chi connectivity index (χ0) is 17.6. The van der Waals surface area contributed by atoms with Crippen molar-refractivity contribution in [1.29, 1.82) is 5.26 Å². The van der Waals surface area contributed by atoms with Gasteiger partial charge in [-0.15, -0.1) is 0 Å². The highest BCUT2D eigenvalue weighted by molar-refractivity contribution is 5.50. The lowest BCUT2D eigenvalue weighted by molar-refractivity contribution is 0.414. The molecule has 0 aromatic heterocycles. The maximum atomic E-state index is 9.28. The Balaban J connectivity index is 1.72. The highest BCUT2D eigenvalue weighted by atomic mass is 16.5. The molecule has 0 amide bonds. The fourth-order valence-corrected chi connectivity index (χ4v) is 2.65. The van der Waals surface area contributed by atoms with Crippen molar-refractivity contribution in [3.63, 3.8) is 0 Å². The summed E-state index contributed by atoms with van der Waals surface area (Å²) < 4.78 is 11.1. The fraction of sp³-hybridized carbons (Fsp3) is 0.136. The molecule has 0 fully saturated rings. The topological polar surface area (TPSA) is 42.2 Å². The molecule has 0 spiro atoms. The van der Waals surface area contributed by atoms with Gasteiger partial charge in [-0.05, 0) is 60.4 Å². The molecule has 0 bridgehead atoms. The Morgan fingerprint density at radius 1 is 0.840 bits per heavy atom. The minimum absolute atomic E-state index is 0.574. The first-order chi connectivity index (χ1) is 12.2. The zero-order valence-corrected chi connectivity index (χ0v) is 14.3. The molecule has 3 aromatic rings. The lowest BCUT2D eigenvalue weighted by Gasteiger charge is -2.10. The summed E-state index contributed by atoms with van der Waals surface area (Å²) in [5.74, 6) is 2.17. The lowest BCUT2D eigenvalue weighted by atomic mass is 10.0. The number of aryl methyl sites for hydroxylation is 1. The molecule has 0 saturated heterocycles. The number of benzene rings is 3. The van der Waals surface area contributed by atoms with Gasteiger partial charge in [-0.2, -0.15) is 5.26 Å². The lowest BCUT2D eigenvalue weighted by Crippen LogP contribution is -1.92. The first-order valence-corrected chi connectivity index (χ1v) is 8.09. The van der Waals surface area contributed by atoms with Gasteiger partial charge < -0.3 is 9.47 Å². The molecular formula is C22H19NO2. The van der Waals surface area contributed by atoms with Crippen LogP contribution in [-0.2, 0) is 6.42 Å². The second-order valence-electron chi connectivity index (χ2n) is 5.83. The van der Waals surface area contributed by atoms with Crippen molar-refractivity contribution in [2.45, 2.75) is 13.3 Å². The quantitative estimate of drug-likeness (QED) is 0.641. The first kappa shape index (κ1) is 16.6. The summed E-state index contributed by atoms with van der Waals surface area (Å²) >= 11 is 0. The molecule has 124 valence electrons. The Hall–Kier alpha value is -3.25. The van der Waals surface area contributed by atoms with Gasteiger partial charge in [0.1, 0.15) is 23.3 Å². The van der Waals surface area contributed by atoms with Crippen molar-refractivity contribution in [2.24, 2.45) is 0 Å². The van der Waals surface area contributed by atoms with E-state index in [-0.39, 0.29) is 0 Å². The van der Waals surface area contributed by atoms with Crippen molar-refractivity contribution in [2.75, 3.05) is 7.11 Å². The maximum absolute atomic E-state index is 9.28. The van der Waals surface area contributed by atoms with Crippen LogP contribution < -0.4 is 9.47 Å². The summed E-state index contributed by atoms with van der Waals surface area (Å²) in [7, 11) is 1.67. The highest BCUT2D eigenvalue weighted by Gasteiger charge is 2.07. The largest absolute Gasteiger partial charge is 0.497 e. The summed E-state index contributed by atoms with van der Waals surface area (Å²) in [5, 5.41) is 9.28. The van der Waals surface area contributed by atoms with Crippen LogP contribution in [0.1, 0.15) is 22.3 Å². The smallest absolute Gasteiger partial charge is 0.145 e. The number of rotatable bonds is 5. The average Bonchev–Trinajstić information content (AvgIpc) is 2.64. The van der Waals surface area contributed by atoms with Crippen molar-refractivity contribution >= 4 is 0 Å². The summed E-state index contributed by atoms with van der Waals surface area (Å²) in [6.07, 6.45) is 0.845. The molecule has 3 heteroatoms. The van der Waals surface area contributed by atoms with E-state index < -0.39 is 0 Å². The van der Waals surface area contributed by atoms with Gasteiger partial charge in [-0.1, -0.05) is 36.4 Å². The molecule has 0 N–H and O–H groups in total. The Morgan fingerprint density at radius 2 is 1.44 bits per heavy atom. The number of hydrogen-bond acceptors (Lipinski definition) is 3. The van der Waals surface area contributed by atoms with Gasteiger partial charge in [0.25, 0.3) is 0 Å². The van der Waals surface area contributed by atoms with E-state index in [0.29, 0.717) is 11.3 Å². The van der Waals surface area contributed by atoms with Crippen LogP contribution in [0, 0.1) is 18.3 Å². The standard InChI is InChI=1S/C22H19NO2/c1-16-4-3-5-22(21(16)15-23)25-20-12-8-18(9-13-20)14-17-6-10-19(24-2)11-7-17/h3-13H,14H2,1-2H3. The molecule has 3 aromatic carbocycles. The molecule has 0 radical (unpaired) electrons. The first-order valence-electron chi connectivity index (χ1n) is 8.09. The van der Waals surface area contributed by atoms with Gasteiger partial charge in [0.2, 0.25) is 0 Å². The minimum atomic E-state index is 0.574. The monoisotopic (exact) mass is 329 g/mol. The minimum Gasteiger partial charge on any atom is -0.497 e. The molecule has 3 rings (SSSR count). The zero-order valence-electron chi connectivity index (χ0n) is 14.3. The van der Waals surface area contributed by atoms with Crippen molar-refractivity contribution in [3.8, 4) is 23.3 Å². The number of nitriles is 1. The van der Waals surface area contributed by atoms with Crippen LogP contribution in [0.3, 0.4) is 0 Å². The number of ether oxygens (including phenoxy) is 2. The van der Waals surface area contributed by atoms with Gasteiger partial charge in [0.15, 0.2) is 0 Å². The normalized spacial score (nSPS) is 10.1. The molecule has 0 aliphatic carbocycles. The van der Waals surface area contributed by atoms with E-state index >= 15 is 0 Å². The van der Waals surface area contributed by atoms with Gasteiger partial charge in [0.05, 0.1) is 12.7 Å². The Morgan fingerprint density at radius 3 is 2.00 bits per heavy atom. The molecule has 3 nitrogen and oxygen atoms in total. The van der Waals surface area contributed by atoms with Crippen LogP contribution in [0.2, 0.25) is 0 Å². The Bertz CT molecular complexity index is 891. The third kappa shape index (κ3) is 3.99. The number of methoxy groups -OCH3 is 1. The van der Waals surface area contributed by atoms with Crippen molar-refractivity contribution in [1.82, 2.24) is 0 Å². The van der Waals surface area contributed by atoms with Gasteiger partial charge in [0, 0.05) is 0 Å². The van der Waals surface area contributed by atoms with Crippen LogP contribution in [0.25, 0.3) is 0 Å². The molecule has 25 heavy (non-hydrogen) atoms. The summed E-state index contributed by atoms with van der Waals surface area (Å²) in [6, 6.07) is 23.8. The Labute approximate surface area is 148 Å². The molecule has 0 heterocycles. The van der Waals surface area contributed by atoms with Crippen LogP contribution in [0.4, 0.5) is 0 Å². The summed E-state index contributed by atoms with van der Waals surface area (Å²) in [4.78, 5) is 0. The highest BCUT2D eigenvalue weighted by Crippen LogP contribution is 2.27. The Kier molecular flexibility index (Phi) is 5.01. The number of nitrogens with zero attached hydrogens (tertiary/aromatic N) is 1. The molecule has 0 unspecified atom stereocenters. The van der Waals surface area contributed by atoms with Gasteiger partial charge >= 0.3 is 0 Å². The SMILES string of the molecule is COc1ccc(Cc2ccc(Oc3cccc(C)c3C#N)cc2)cc1. The van der Waals surface area contributed by atoms with E-state index in [1.54, 1.807) is 7.11 Å². The maximum Gasteiger partial charge on any atom is 0.145 e. The third-order valence-corrected chi connectivity index (χ3v) is 4.06.